The van der Waals surface area contributed by atoms with Crippen molar-refractivity contribution in [3.05, 3.63) is 64.1 Å². The van der Waals surface area contributed by atoms with E-state index < -0.39 is 6.04 Å². The van der Waals surface area contributed by atoms with Gasteiger partial charge in [-0.2, -0.15) is 5.26 Å². The Hall–Kier alpha value is -1.69. The lowest BCUT2D eigenvalue weighted by Gasteiger charge is -2.13. The molecule has 0 saturated carbocycles. The van der Waals surface area contributed by atoms with Gasteiger partial charge in [-0.3, -0.25) is 0 Å². The van der Waals surface area contributed by atoms with Crippen LogP contribution in [-0.2, 0) is 0 Å². The number of hydrogen-bond acceptors (Lipinski definition) is 2. The minimum absolute atomic E-state index is 0.448. The molecule has 0 aliphatic heterocycles. The van der Waals surface area contributed by atoms with Gasteiger partial charge in [0.25, 0.3) is 0 Å². The molecule has 0 spiro atoms. The minimum atomic E-state index is -0.456. The topological polar surface area (TPSA) is 35.8 Å². The average Bonchev–Trinajstić information content (AvgIpc) is 2.40. The molecule has 90 valence electrons. The lowest BCUT2D eigenvalue weighted by molar-refractivity contribution is 0.998. The van der Waals surface area contributed by atoms with Crippen LogP contribution in [0.15, 0.2) is 48.5 Å². The Morgan fingerprint density at radius 3 is 2.33 bits per heavy atom. The van der Waals surface area contributed by atoms with Gasteiger partial charge in [-0.05, 0) is 29.8 Å². The maximum atomic E-state index is 9.21. The highest BCUT2D eigenvalue weighted by atomic mass is 35.5. The third-order valence-electron chi connectivity index (χ3n) is 2.49. The number of benzene rings is 2. The number of anilines is 1. The van der Waals surface area contributed by atoms with E-state index in [0.29, 0.717) is 10.0 Å². The predicted molar refractivity (Wildman–Crippen MR) is 74.9 cm³/mol. The summed E-state index contributed by atoms with van der Waals surface area (Å²) in [7, 11) is 0. The molecule has 0 aliphatic carbocycles. The summed E-state index contributed by atoms with van der Waals surface area (Å²) in [5, 5.41) is 13.3. The Kier molecular flexibility index (Phi) is 4.09. The van der Waals surface area contributed by atoms with Crippen molar-refractivity contribution < 1.29 is 0 Å². The van der Waals surface area contributed by atoms with Gasteiger partial charge < -0.3 is 5.32 Å². The molecule has 1 unspecified atom stereocenters. The number of hydrogen-bond donors (Lipinski definition) is 1. The molecule has 0 aromatic heterocycles. The van der Waals surface area contributed by atoms with Gasteiger partial charge >= 0.3 is 0 Å². The average molecular weight is 277 g/mol. The number of nitriles is 1. The van der Waals surface area contributed by atoms with Gasteiger partial charge in [0.15, 0.2) is 0 Å². The third-order valence-corrected chi connectivity index (χ3v) is 3.23. The summed E-state index contributed by atoms with van der Waals surface area (Å²) in [6.07, 6.45) is 0. The van der Waals surface area contributed by atoms with Gasteiger partial charge in [0, 0.05) is 5.69 Å². The second-order valence-electron chi connectivity index (χ2n) is 3.75. The molecule has 2 aromatic carbocycles. The molecule has 0 bridgehead atoms. The first-order valence-electron chi connectivity index (χ1n) is 5.37. The Labute approximate surface area is 116 Å². The van der Waals surface area contributed by atoms with E-state index in [2.05, 4.69) is 11.4 Å². The number of nitrogens with one attached hydrogen (secondary N) is 1. The lowest BCUT2D eigenvalue weighted by Crippen LogP contribution is -2.08. The highest BCUT2D eigenvalue weighted by molar-refractivity contribution is 6.42. The Balaban J connectivity index is 2.24. The third kappa shape index (κ3) is 2.95. The van der Waals surface area contributed by atoms with Crippen LogP contribution in [0.1, 0.15) is 11.6 Å². The van der Waals surface area contributed by atoms with Crippen LogP contribution in [0.3, 0.4) is 0 Å². The highest BCUT2D eigenvalue weighted by Gasteiger charge is 2.11. The molecule has 2 aromatic rings. The number of para-hydroxylation sites is 1. The summed E-state index contributed by atoms with van der Waals surface area (Å²) in [5.41, 5.74) is 1.67. The summed E-state index contributed by atoms with van der Waals surface area (Å²) >= 11 is 11.8. The second-order valence-corrected chi connectivity index (χ2v) is 4.56. The lowest BCUT2D eigenvalue weighted by atomic mass is 10.1. The van der Waals surface area contributed by atoms with Crippen LogP contribution in [0.2, 0.25) is 10.0 Å². The standard InChI is InChI=1S/C14H10Cl2N2/c15-12-7-6-10(8-13(12)16)14(9-17)18-11-4-2-1-3-5-11/h1-8,14,18H. The first-order chi connectivity index (χ1) is 8.70. The van der Waals surface area contributed by atoms with Crippen LogP contribution in [0, 0.1) is 11.3 Å². The van der Waals surface area contributed by atoms with E-state index in [4.69, 9.17) is 23.2 Å². The van der Waals surface area contributed by atoms with Crippen LogP contribution in [0.4, 0.5) is 5.69 Å². The van der Waals surface area contributed by atoms with Crippen LogP contribution in [-0.4, -0.2) is 0 Å². The van der Waals surface area contributed by atoms with E-state index in [-0.39, 0.29) is 0 Å². The zero-order chi connectivity index (χ0) is 13.0. The van der Waals surface area contributed by atoms with Crippen LogP contribution < -0.4 is 5.32 Å². The first kappa shape index (κ1) is 12.8. The van der Waals surface area contributed by atoms with Crippen molar-refractivity contribution in [1.82, 2.24) is 0 Å². The van der Waals surface area contributed by atoms with Crippen molar-refractivity contribution in [2.45, 2.75) is 6.04 Å². The molecule has 0 radical (unpaired) electrons. The molecule has 18 heavy (non-hydrogen) atoms. The molecular formula is C14H10Cl2N2. The zero-order valence-electron chi connectivity index (χ0n) is 9.40. The van der Waals surface area contributed by atoms with Crippen LogP contribution >= 0.6 is 23.2 Å². The molecule has 0 heterocycles. The van der Waals surface area contributed by atoms with Gasteiger partial charge in [0.1, 0.15) is 6.04 Å². The van der Waals surface area contributed by atoms with Gasteiger partial charge in [0.05, 0.1) is 16.1 Å². The van der Waals surface area contributed by atoms with E-state index in [1.165, 1.54) is 0 Å². The van der Waals surface area contributed by atoms with Gasteiger partial charge in [0.2, 0.25) is 0 Å². The monoisotopic (exact) mass is 276 g/mol. The maximum absolute atomic E-state index is 9.21. The summed E-state index contributed by atoms with van der Waals surface area (Å²) in [6, 6.07) is 16.5. The summed E-state index contributed by atoms with van der Waals surface area (Å²) in [6.45, 7) is 0. The minimum Gasteiger partial charge on any atom is -0.366 e. The maximum Gasteiger partial charge on any atom is 0.140 e. The van der Waals surface area contributed by atoms with Crippen molar-refractivity contribution in [2.24, 2.45) is 0 Å². The van der Waals surface area contributed by atoms with Crippen molar-refractivity contribution >= 4 is 28.9 Å². The van der Waals surface area contributed by atoms with Gasteiger partial charge in [-0.25, -0.2) is 0 Å². The molecule has 1 N–H and O–H groups in total. The molecular weight excluding hydrogens is 267 g/mol. The van der Waals surface area contributed by atoms with Crippen molar-refractivity contribution in [1.29, 1.82) is 5.26 Å². The summed E-state index contributed by atoms with van der Waals surface area (Å²) in [4.78, 5) is 0. The fraction of sp³-hybridized carbons (Fsp3) is 0.0714. The fourth-order valence-corrected chi connectivity index (χ4v) is 1.89. The molecule has 2 nitrogen and oxygen atoms in total. The van der Waals surface area contributed by atoms with E-state index in [1.807, 2.05) is 30.3 Å². The highest BCUT2D eigenvalue weighted by Crippen LogP contribution is 2.27. The first-order valence-corrected chi connectivity index (χ1v) is 6.12. The van der Waals surface area contributed by atoms with Gasteiger partial charge in [-0.1, -0.05) is 47.5 Å². The second kappa shape index (κ2) is 5.77. The van der Waals surface area contributed by atoms with Crippen molar-refractivity contribution in [3.63, 3.8) is 0 Å². The smallest absolute Gasteiger partial charge is 0.140 e. The molecule has 0 fully saturated rings. The van der Waals surface area contributed by atoms with Crippen LogP contribution in [0.25, 0.3) is 0 Å². The number of halogens is 2. The Morgan fingerprint density at radius 1 is 1.00 bits per heavy atom. The van der Waals surface area contributed by atoms with E-state index in [9.17, 15) is 5.26 Å². The molecule has 0 aliphatic rings. The Bertz CT molecular complexity index is 576. The number of nitrogens with zero attached hydrogens (tertiary/aromatic N) is 1. The number of rotatable bonds is 3. The van der Waals surface area contributed by atoms with E-state index in [1.54, 1.807) is 18.2 Å². The largest absolute Gasteiger partial charge is 0.366 e. The summed E-state index contributed by atoms with van der Waals surface area (Å²) in [5.74, 6) is 0. The molecule has 0 saturated heterocycles. The Morgan fingerprint density at radius 2 is 1.72 bits per heavy atom. The summed E-state index contributed by atoms with van der Waals surface area (Å²) < 4.78 is 0. The quantitative estimate of drug-likeness (QED) is 0.884. The molecule has 0 amide bonds. The predicted octanol–water partition coefficient (Wildman–Crippen LogP) is 4.67. The van der Waals surface area contributed by atoms with E-state index >= 15 is 0 Å². The molecule has 1 atom stereocenters. The van der Waals surface area contributed by atoms with Crippen molar-refractivity contribution in [2.75, 3.05) is 5.32 Å². The van der Waals surface area contributed by atoms with E-state index in [0.717, 1.165) is 11.3 Å². The normalized spacial score (nSPS) is 11.6. The molecule has 4 heteroatoms. The van der Waals surface area contributed by atoms with Gasteiger partial charge in [-0.15, -0.1) is 0 Å². The van der Waals surface area contributed by atoms with Crippen molar-refractivity contribution in [3.8, 4) is 6.07 Å². The van der Waals surface area contributed by atoms with Crippen LogP contribution in [0.5, 0.6) is 0 Å². The zero-order valence-corrected chi connectivity index (χ0v) is 10.9. The SMILES string of the molecule is N#CC(Nc1ccccc1)c1ccc(Cl)c(Cl)c1. The fourth-order valence-electron chi connectivity index (χ4n) is 1.58. The molecule has 2 rings (SSSR count).